The van der Waals surface area contributed by atoms with Crippen LogP contribution < -0.4 is 14.8 Å². The summed E-state index contributed by atoms with van der Waals surface area (Å²) in [6, 6.07) is 12.5. The number of amides is 1. The number of hydrogen-bond donors (Lipinski definition) is 2. The number of likely N-dealkylation sites (tertiary alicyclic amines) is 1. The molecule has 1 unspecified atom stereocenters. The van der Waals surface area contributed by atoms with Gasteiger partial charge in [0.05, 0.1) is 22.8 Å². The second kappa shape index (κ2) is 10.9. The zero-order valence-electron chi connectivity index (χ0n) is 16.8. The summed E-state index contributed by atoms with van der Waals surface area (Å²) in [6.07, 6.45) is 0.770. The van der Waals surface area contributed by atoms with Gasteiger partial charge in [-0.05, 0) is 50.2 Å². The predicted octanol–water partition coefficient (Wildman–Crippen LogP) is 4.09. The number of β-amino-alcohol motifs (C(OH)–C–C–N with tert-alkyl or cyclic N) is 1. The number of methoxy groups -OCH3 is 1. The van der Waals surface area contributed by atoms with Crippen molar-refractivity contribution in [2.75, 3.05) is 38.7 Å². The highest BCUT2D eigenvalue weighted by molar-refractivity contribution is 6.37. The van der Waals surface area contributed by atoms with Crippen LogP contribution in [0.4, 0.5) is 5.69 Å². The molecule has 1 fully saturated rings. The van der Waals surface area contributed by atoms with E-state index in [1.54, 1.807) is 25.3 Å². The van der Waals surface area contributed by atoms with Crippen LogP contribution >= 0.6 is 23.2 Å². The third-order valence-corrected chi connectivity index (χ3v) is 5.73. The molecule has 1 amide bonds. The number of piperidine rings is 1. The molecule has 3 rings (SSSR count). The third-order valence-electron chi connectivity index (χ3n) is 5.13. The predicted molar refractivity (Wildman–Crippen MR) is 119 cm³/mol. The molecule has 0 aromatic heterocycles. The monoisotopic (exact) mass is 452 g/mol. The lowest BCUT2D eigenvalue weighted by Crippen LogP contribution is -2.42. The quantitative estimate of drug-likeness (QED) is 0.630. The lowest BCUT2D eigenvalue weighted by molar-refractivity contribution is -0.121. The molecule has 2 N–H and O–H groups in total. The fraction of sp³-hybridized carbons (Fsp3) is 0.409. The van der Waals surface area contributed by atoms with E-state index in [1.165, 1.54) is 0 Å². The van der Waals surface area contributed by atoms with Crippen LogP contribution in [0.15, 0.2) is 42.5 Å². The number of nitrogens with zero attached hydrogens (tertiary/aromatic N) is 1. The molecule has 2 aromatic carbocycles. The molecule has 0 spiro atoms. The Morgan fingerprint density at radius 3 is 2.50 bits per heavy atom. The summed E-state index contributed by atoms with van der Waals surface area (Å²) >= 11 is 12.2. The molecule has 1 aliphatic rings. The van der Waals surface area contributed by atoms with Gasteiger partial charge < -0.3 is 24.8 Å². The lowest BCUT2D eigenvalue weighted by Gasteiger charge is -2.32. The fourth-order valence-electron chi connectivity index (χ4n) is 3.51. The molecule has 162 valence electrons. The maximum atomic E-state index is 12.6. The van der Waals surface area contributed by atoms with Gasteiger partial charge in [0.15, 0.2) is 5.75 Å². The normalized spacial score (nSPS) is 16.1. The fourth-order valence-corrected chi connectivity index (χ4v) is 4.02. The summed E-state index contributed by atoms with van der Waals surface area (Å²) in [6.45, 7) is 2.02. The van der Waals surface area contributed by atoms with Gasteiger partial charge in [0, 0.05) is 12.5 Å². The summed E-state index contributed by atoms with van der Waals surface area (Å²) in [5, 5.41) is 14.1. The van der Waals surface area contributed by atoms with Crippen LogP contribution in [0.3, 0.4) is 0 Å². The lowest BCUT2D eigenvalue weighted by atomic mass is 9.95. The van der Waals surface area contributed by atoms with Crippen molar-refractivity contribution >= 4 is 34.8 Å². The Hall–Kier alpha value is -1.99. The highest BCUT2D eigenvalue weighted by Gasteiger charge is 2.26. The molecule has 1 heterocycles. The number of rotatable bonds is 8. The van der Waals surface area contributed by atoms with E-state index in [9.17, 15) is 9.90 Å². The largest absolute Gasteiger partial charge is 0.495 e. The molecule has 0 aliphatic carbocycles. The first-order chi connectivity index (χ1) is 14.5. The Labute approximate surface area is 186 Å². The van der Waals surface area contributed by atoms with E-state index in [-0.39, 0.29) is 18.4 Å². The molecule has 0 bridgehead atoms. The molecule has 0 saturated carbocycles. The van der Waals surface area contributed by atoms with Crippen LogP contribution in [0.25, 0.3) is 0 Å². The minimum absolute atomic E-state index is 0.00334. The molecule has 1 saturated heterocycles. The number of carbonyl (C=O) groups is 1. The Morgan fingerprint density at radius 2 is 1.83 bits per heavy atom. The zero-order chi connectivity index (χ0) is 21.5. The van der Waals surface area contributed by atoms with Crippen molar-refractivity contribution in [3.05, 3.63) is 52.5 Å². The van der Waals surface area contributed by atoms with Crippen molar-refractivity contribution < 1.29 is 19.4 Å². The van der Waals surface area contributed by atoms with Gasteiger partial charge >= 0.3 is 0 Å². The number of carbonyl (C=O) groups excluding carboxylic acids is 1. The smallest absolute Gasteiger partial charge is 0.227 e. The van der Waals surface area contributed by atoms with Crippen molar-refractivity contribution in [3.63, 3.8) is 0 Å². The molecule has 1 atom stereocenters. The number of halogens is 2. The second-order valence-electron chi connectivity index (χ2n) is 7.28. The highest BCUT2D eigenvalue weighted by Crippen LogP contribution is 2.32. The first-order valence-corrected chi connectivity index (χ1v) is 10.6. The van der Waals surface area contributed by atoms with Crippen LogP contribution in [-0.2, 0) is 4.79 Å². The molecule has 1 aliphatic heterocycles. The summed E-state index contributed by atoms with van der Waals surface area (Å²) in [5.74, 6) is 0.953. The highest BCUT2D eigenvalue weighted by atomic mass is 35.5. The number of hydrogen-bond acceptors (Lipinski definition) is 5. The van der Waals surface area contributed by atoms with Gasteiger partial charge in [-0.1, -0.05) is 41.4 Å². The number of nitrogens with one attached hydrogen (secondary N) is 1. The number of aliphatic hydroxyl groups is 1. The average molecular weight is 453 g/mol. The SMILES string of the molecule is COc1ccccc1NC(=O)C1CCN(CC(O)COc2c(Cl)cccc2Cl)CC1. The molecule has 2 aromatic rings. The van der Waals surface area contributed by atoms with Gasteiger partial charge in [0.2, 0.25) is 5.91 Å². The standard InChI is InChI=1S/C22H26Cl2N2O4/c1-29-20-8-3-2-7-19(20)25-22(28)15-9-11-26(12-10-15)13-16(27)14-30-21-17(23)5-4-6-18(21)24/h2-8,15-16,27H,9-14H2,1H3,(H,25,28). The van der Waals surface area contributed by atoms with Crippen molar-refractivity contribution in [1.82, 2.24) is 4.90 Å². The van der Waals surface area contributed by atoms with Gasteiger partial charge in [-0.15, -0.1) is 0 Å². The molecule has 8 heteroatoms. The number of benzene rings is 2. The van der Waals surface area contributed by atoms with Gasteiger partial charge in [-0.25, -0.2) is 0 Å². The second-order valence-corrected chi connectivity index (χ2v) is 8.09. The number of para-hydroxylation sites is 3. The van der Waals surface area contributed by atoms with E-state index < -0.39 is 6.10 Å². The molecular formula is C22H26Cl2N2O4. The Balaban J connectivity index is 1.43. The minimum Gasteiger partial charge on any atom is -0.495 e. The number of aliphatic hydroxyl groups excluding tert-OH is 1. The van der Waals surface area contributed by atoms with Crippen LogP contribution in [0.5, 0.6) is 11.5 Å². The van der Waals surface area contributed by atoms with Gasteiger partial charge in [-0.2, -0.15) is 0 Å². The van der Waals surface area contributed by atoms with Crippen molar-refractivity contribution in [2.45, 2.75) is 18.9 Å². The zero-order valence-corrected chi connectivity index (χ0v) is 18.3. The topological polar surface area (TPSA) is 71.0 Å². The van der Waals surface area contributed by atoms with Crippen molar-refractivity contribution in [2.24, 2.45) is 5.92 Å². The summed E-state index contributed by atoms with van der Waals surface area (Å²) in [4.78, 5) is 14.7. The Kier molecular flexibility index (Phi) is 8.22. The third kappa shape index (κ3) is 6.01. The summed E-state index contributed by atoms with van der Waals surface area (Å²) < 4.78 is 10.9. The van der Waals surface area contributed by atoms with Crippen LogP contribution in [-0.4, -0.2) is 55.4 Å². The van der Waals surface area contributed by atoms with E-state index in [1.807, 2.05) is 24.3 Å². The molecule has 0 radical (unpaired) electrons. The van der Waals surface area contributed by atoms with E-state index in [4.69, 9.17) is 32.7 Å². The van der Waals surface area contributed by atoms with Gasteiger partial charge in [-0.3, -0.25) is 4.79 Å². The van der Waals surface area contributed by atoms with E-state index in [2.05, 4.69) is 10.2 Å². The van der Waals surface area contributed by atoms with Crippen molar-refractivity contribution in [3.8, 4) is 11.5 Å². The maximum absolute atomic E-state index is 12.6. The van der Waals surface area contributed by atoms with Crippen LogP contribution in [0.2, 0.25) is 10.0 Å². The first-order valence-electron chi connectivity index (χ1n) is 9.89. The minimum atomic E-state index is -0.684. The molecular weight excluding hydrogens is 427 g/mol. The summed E-state index contributed by atoms with van der Waals surface area (Å²) in [5.41, 5.74) is 0.679. The number of ether oxygens (including phenoxy) is 2. The maximum Gasteiger partial charge on any atom is 0.227 e. The molecule has 6 nitrogen and oxygen atoms in total. The summed E-state index contributed by atoms with van der Waals surface area (Å²) in [7, 11) is 1.58. The average Bonchev–Trinajstić information content (AvgIpc) is 2.74. The van der Waals surface area contributed by atoms with E-state index >= 15 is 0 Å². The van der Waals surface area contributed by atoms with Crippen LogP contribution in [0, 0.1) is 5.92 Å². The van der Waals surface area contributed by atoms with E-state index in [0.29, 0.717) is 33.8 Å². The van der Waals surface area contributed by atoms with E-state index in [0.717, 1.165) is 25.9 Å². The molecule has 30 heavy (non-hydrogen) atoms. The Morgan fingerprint density at radius 1 is 1.17 bits per heavy atom. The van der Waals surface area contributed by atoms with Crippen molar-refractivity contribution in [1.29, 1.82) is 0 Å². The first kappa shape index (κ1) is 22.7. The van der Waals surface area contributed by atoms with Gasteiger partial charge in [0.25, 0.3) is 0 Å². The van der Waals surface area contributed by atoms with Gasteiger partial charge in [0.1, 0.15) is 18.5 Å². The number of anilines is 1. The Bertz CT molecular complexity index is 837. The van der Waals surface area contributed by atoms with Crippen LogP contribution in [0.1, 0.15) is 12.8 Å².